The smallest absolute Gasteiger partial charge is 0.155 e. The van der Waals surface area contributed by atoms with Crippen LogP contribution in [0, 0.1) is 11.3 Å². The van der Waals surface area contributed by atoms with Gasteiger partial charge in [0.1, 0.15) is 11.5 Å². The molecule has 5 nitrogen and oxygen atoms in total. The lowest BCUT2D eigenvalue weighted by atomic mass is 9.74. The second kappa shape index (κ2) is 11.8. The van der Waals surface area contributed by atoms with E-state index in [0.29, 0.717) is 11.4 Å². The summed E-state index contributed by atoms with van der Waals surface area (Å²) in [5.41, 5.74) is 8.29. The van der Waals surface area contributed by atoms with Gasteiger partial charge in [0.25, 0.3) is 0 Å². The highest BCUT2D eigenvalue weighted by molar-refractivity contribution is 6.21. The first-order valence-electron chi connectivity index (χ1n) is 16.3. The maximum Gasteiger partial charge on any atom is 0.155 e. The van der Waals surface area contributed by atoms with Crippen molar-refractivity contribution in [2.24, 2.45) is 9.98 Å². The summed E-state index contributed by atoms with van der Waals surface area (Å²) >= 11 is 0. The van der Waals surface area contributed by atoms with Crippen LogP contribution in [-0.2, 0) is 5.41 Å². The van der Waals surface area contributed by atoms with E-state index in [-0.39, 0.29) is 11.5 Å². The molecule has 0 amide bonds. The lowest BCUT2D eigenvalue weighted by molar-refractivity contribution is 0.416. The minimum absolute atomic E-state index is 0.322. The Hall–Kier alpha value is -5.83. The van der Waals surface area contributed by atoms with Gasteiger partial charge in [-0.3, -0.25) is 4.99 Å². The van der Waals surface area contributed by atoms with Crippen LogP contribution < -0.4 is 10.1 Å². The first-order valence-corrected chi connectivity index (χ1v) is 16.3. The van der Waals surface area contributed by atoms with Crippen LogP contribution >= 0.6 is 0 Å². The number of rotatable bonds is 5. The number of amidine groups is 1. The van der Waals surface area contributed by atoms with Gasteiger partial charge < -0.3 is 10.1 Å². The minimum Gasteiger partial charge on any atom is -0.457 e. The zero-order chi connectivity index (χ0) is 32.8. The zero-order valence-electron chi connectivity index (χ0n) is 27.1. The predicted molar refractivity (Wildman–Crippen MR) is 194 cm³/mol. The molecule has 0 radical (unpaired) electrons. The van der Waals surface area contributed by atoms with Gasteiger partial charge in [0.05, 0.1) is 29.4 Å². The summed E-state index contributed by atoms with van der Waals surface area (Å²) in [4.78, 5) is 10.6. The zero-order valence-corrected chi connectivity index (χ0v) is 27.1. The Balaban J connectivity index is 1.33. The number of likely N-dealkylation sites (N-methyl/N-ethyl adjacent to an activating group) is 1. The lowest BCUT2D eigenvalue weighted by Gasteiger charge is -2.36. The van der Waals surface area contributed by atoms with Crippen LogP contribution in [-0.4, -0.2) is 24.6 Å². The second-order valence-electron chi connectivity index (χ2n) is 12.9. The third kappa shape index (κ3) is 4.81. The van der Waals surface area contributed by atoms with E-state index in [4.69, 9.17) is 14.7 Å². The van der Waals surface area contributed by atoms with E-state index in [1.54, 1.807) is 0 Å². The van der Waals surface area contributed by atoms with Gasteiger partial charge in [-0.05, 0) is 47.1 Å². The van der Waals surface area contributed by atoms with E-state index >= 15 is 0 Å². The molecule has 0 aromatic heterocycles. The van der Waals surface area contributed by atoms with Crippen molar-refractivity contribution in [1.82, 2.24) is 5.32 Å². The van der Waals surface area contributed by atoms with E-state index in [1.165, 1.54) is 5.56 Å². The number of benzene rings is 6. The molecule has 2 aliphatic rings. The fourth-order valence-corrected chi connectivity index (χ4v) is 7.30. The normalized spacial score (nSPS) is 17.7. The van der Waals surface area contributed by atoms with Crippen molar-refractivity contribution in [2.75, 3.05) is 7.05 Å². The van der Waals surface area contributed by atoms with Gasteiger partial charge in [-0.1, -0.05) is 129 Å². The van der Waals surface area contributed by atoms with Gasteiger partial charge in [0, 0.05) is 33.2 Å². The molecule has 0 saturated heterocycles. The van der Waals surface area contributed by atoms with Crippen LogP contribution in [0.15, 0.2) is 143 Å². The van der Waals surface area contributed by atoms with E-state index in [1.807, 2.05) is 73.8 Å². The van der Waals surface area contributed by atoms with Crippen molar-refractivity contribution in [2.45, 2.75) is 31.3 Å². The molecule has 2 unspecified atom stereocenters. The van der Waals surface area contributed by atoms with Crippen molar-refractivity contribution >= 4 is 22.3 Å². The van der Waals surface area contributed by atoms with E-state index in [2.05, 4.69) is 92.0 Å². The van der Waals surface area contributed by atoms with Gasteiger partial charge in [-0.15, -0.1) is 0 Å². The summed E-state index contributed by atoms with van der Waals surface area (Å²) in [7, 11) is 1.94. The van der Waals surface area contributed by atoms with E-state index in [9.17, 15) is 5.26 Å². The Labute approximate surface area is 280 Å². The van der Waals surface area contributed by atoms with Crippen molar-refractivity contribution < 1.29 is 4.74 Å². The number of nitrogens with zero attached hydrogens (tertiary/aromatic N) is 3. The Bertz CT molecular complexity index is 2300. The number of ether oxygens (including phenoxy) is 1. The van der Waals surface area contributed by atoms with Crippen molar-refractivity contribution in [3.05, 3.63) is 167 Å². The number of nitrogens with one attached hydrogen (secondary N) is 1. The quantitative estimate of drug-likeness (QED) is 0.208. The Morgan fingerprint density at radius 1 is 0.688 bits per heavy atom. The Morgan fingerprint density at radius 3 is 2.02 bits per heavy atom. The molecule has 0 fully saturated rings. The monoisotopic (exact) mass is 622 g/mol. The summed E-state index contributed by atoms with van der Waals surface area (Å²) in [6.45, 7) is 4.37. The van der Waals surface area contributed by atoms with Gasteiger partial charge >= 0.3 is 0 Å². The molecule has 48 heavy (non-hydrogen) atoms. The van der Waals surface area contributed by atoms with Gasteiger partial charge in [-0.2, -0.15) is 5.26 Å². The maximum atomic E-state index is 10.6. The van der Waals surface area contributed by atoms with Crippen LogP contribution in [0.25, 0.3) is 21.9 Å². The van der Waals surface area contributed by atoms with Gasteiger partial charge in [0.15, 0.2) is 5.84 Å². The van der Waals surface area contributed by atoms with E-state index < -0.39 is 6.04 Å². The average Bonchev–Trinajstić information content (AvgIpc) is 3.14. The average molecular weight is 623 g/mol. The molecule has 232 valence electrons. The Morgan fingerprint density at radius 2 is 1.31 bits per heavy atom. The molecule has 8 rings (SSSR count). The third-order valence-electron chi connectivity index (χ3n) is 9.77. The van der Waals surface area contributed by atoms with Crippen LogP contribution in [0.1, 0.15) is 53.3 Å². The molecule has 2 atom stereocenters. The number of fused-ring (bicyclic) bond motifs is 3. The molecule has 5 heteroatoms. The highest BCUT2D eigenvalue weighted by Crippen LogP contribution is 2.49. The molecule has 0 saturated carbocycles. The summed E-state index contributed by atoms with van der Waals surface area (Å²) in [5, 5.41) is 16.5. The number of aliphatic imine (C=N–C) groups is 2. The van der Waals surface area contributed by atoms with Crippen LogP contribution in [0.3, 0.4) is 0 Å². The molecule has 2 aliphatic heterocycles. The SMILES string of the molecule is CNC1C(c2ccc(-c3ccccc3)c3ccccc23)=NC(c2ccccc2)=NC1c1cc2c(cc1C#N)C(C)(C)c1ccccc1O2. The lowest BCUT2D eigenvalue weighted by Crippen LogP contribution is -2.43. The molecule has 6 aromatic carbocycles. The molecule has 1 N–H and O–H groups in total. The van der Waals surface area contributed by atoms with Crippen LogP contribution in [0.5, 0.6) is 11.5 Å². The molecular weight excluding hydrogens is 589 g/mol. The van der Waals surface area contributed by atoms with E-state index in [0.717, 1.165) is 61.4 Å². The summed E-state index contributed by atoms with van der Waals surface area (Å²) < 4.78 is 6.54. The highest BCUT2D eigenvalue weighted by Gasteiger charge is 2.38. The van der Waals surface area contributed by atoms with Gasteiger partial charge in [-0.25, -0.2) is 4.99 Å². The van der Waals surface area contributed by atoms with Crippen molar-refractivity contribution in [3.63, 3.8) is 0 Å². The Kier molecular flexibility index (Phi) is 7.24. The largest absolute Gasteiger partial charge is 0.457 e. The predicted octanol–water partition coefficient (Wildman–Crippen LogP) is 9.39. The molecule has 0 spiro atoms. The number of hydrogen-bond acceptors (Lipinski definition) is 5. The molecule has 6 aromatic rings. The molecule has 2 heterocycles. The first-order chi connectivity index (χ1) is 23.5. The molecule has 0 bridgehead atoms. The second-order valence-corrected chi connectivity index (χ2v) is 12.9. The summed E-state index contributed by atoms with van der Waals surface area (Å²) in [6, 6.07) is 47.4. The van der Waals surface area contributed by atoms with Crippen molar-refractivity contribution in [3.8, 4) is 28.7 Å². The van der Waals surface area contributed by atoms with Crippen LogP contribution in [0.2, 0.25) is 0 Å². The van der Waals surface area contributed by atoms with Crippen LogP contribution in [0.4, 0.5) is 0 Å². The number of hydrogen-bond donors (Lipinski definition) is 1. The highest BCUT2D eigenvalue weighted by atomic mass is 16.5. The molecular formula is C43H34N4O. The first kappa shape index (κ1) is 29.6. The fourth-order valence-electron chi connectivity index (χ4n) is 7.30. The standard InChI is InChI=1S/C43H34N4O/c1-43(2)35-20-12-13-21-37(35)48-38-25-34(29(26-44)24-36(38)43)40-41(45-3)39(46-42(47-40)28-16-8-5-9-17-28)33-23-22-30(27-14-6-4-7-15-27)31-18-10-11-19-32(31)33/h4-25,40-41,45H,1-3H3. The third-order valence-corrected chi connectivity index (χ3v) is 9.77. The number of nitriles is 1. The fraction of sp³-hybridized carbons (Fsp3) is 0.140. The van der Waals surface area contributed by atoms with Gasteiger partial charge in [0.2, 0.25) is 0 Å². The summed E-state index contributed by atoms with van der Waals surface area (Å²) in [6.07, 6.45) is 0. The maximum absolute atomic E-state index is 10.6. The molecule has 0 aliphatic carbocycles. The summed E-state index contributed by atoms with van der Waals surface area (Å²) in [5.74, 6) is 2.22. The topological polar surface area (TPSA) is 69.8 Å². The van der Waals surface area contributed by atoms with Crippen molar-refractivity contribution in [1.29, 1.82) is 5.26 Å². The minimum atomic E-state index is -0.450. The number of para-hydroxylation sites is 1.